The first-order chi connectivity index (χ1) is 15.1. The van der Waals surface area contributed by atoms with Gasteiger partial charge >= 0.3 is 10.1 Å². The number of carbonyl (C=O) groups excluding carboxylic acids is 1. The average molecular weight is 453 g/mol. The van der Waals surface area contributed by atoms with Crippen molar-refractivity contribution in [2.75, 3.05) is 24.4 Å². The summed E-state index contributed by atoms with van der Waals surface area (Å²) in [6.45, 7) is 3.68. The van der Waals surface area contributed by atoms with Crippen LogP contribution >= 0.6 is 0 Å². The average Bonchev–Trinajstić information content (AvgIpc) is 2.77. The lowest BCUT2D eigenvalue weighted by Crippen LogP contribution is -2.52. The smallest absolute Gasteiger partial charge is 0.339 e. The molecule has 1 amide bonds. The van der Waals surface area contributed by atoms with Crippen LogP contribution in [0.1, 0.15) is 13.8 Å². The summed E-state index contributed by atoms with van der Waals surface area (Å²) >= 11 is 0. The summed E-state index contributed by atoms with van der Waals surface area (Å²) in [7, 11) is -0.708. The molecule has 0 saturated heterocycles. The molecule has 166 valence electrons. The van der Waals surface area contributed by atoms with Crippen molar-refractivity contribution in [3.8, 4) is 22.6 Å². The van der Waals surface area contributed by atoms with Gasteiger partial charge in [-0.25, -0.2) is 0 Å². The molecule has 0 fully saturated rings. The van der Waals surface area contributed by atoms with E-state index in [1.54, 1.807) is 42.3 Å². The van der Waals surface area contributed by atoms with E-state index in [0.29, 0.717) is 5.75 Å². The Kier molecular flexibility index (Phi) is 5.34. The van der Waals surface area contributed by atoms with Gasteiger partial charge in [0.25, 0.3) is 5.91 Å². The van der Waals surface area contributed by atoms with Crippen LogP contribution in [-0.2, 0) is 14.9 Å². The van der Waals surface area contributed by atoms with E-state index >= 15 is 0 Å². The molecule has 0 aliphatic carbocycles. The monoisotopic (exact) mass is 452 g/mol. The van der Waals surface area contributed by atoms with Crippen molar-refractivity contribution in [2.45, 2.75) is 24.3 Å². The molecule has 0 spiro atoms. The third-order valence-electron chi connectivity index (χ3n) is 5.37. The number of hydrogen-bond donors (Lipinski definition) is 1. The van der Waals surface area contributed by atoms with E-state index in [1.165, 1.54) is 25.3 Å². The van der Waals surface area contributed by atoms with Gasteiger partial charge < -0.3 is 19.1 Å². The van der Waals surface area contributed by atoms with Gasteiger partial charge in [0.2, 0.25) is 0 Å². The third-order valence-corrected chi connectivity index (χ3v) is 6.63. The van der Waals surface area contributed by atoms with Gasteiger partial charge in [0.15, 0.2) is 0 Å². The molecule has 0 atom stereocenters. The standard InChI is InChI=1S/C24H24N2O5S/c1-24(2)23(27)26(3)21-14-16(10-13-20(21)25-24)19-12-11-17(15-22(19)30-4)31-32(28,29)18-8-6-5-7-9-18/h5-15,25H,1-4H3. The van der Waals surface area contributed by atoms with Gasteiger partial charge in [0.05, 0.1) is 18.5 Å². The summed E-state index contributed by atoms with van der Waals surface area (Å²) in [4.78, 5) is 14.3. The van der Waals surface area contributed by atoms with Crippen molar-refractivity contribution in [2.24, 2.45) is 0 Å². The molecule has 0 unspecified atom stereocenters. The van der Waals surface area contributed by atoms with E-state index in [2.05, 4.69) is 5.32 Å². The van der Waals surface area contributed by atoms with Crippen molar-refractivity contribution >= 4 is 27.4 Å². The Bertz CT molecular complexity index is 1290. The number of carbonyl (C=O) groups is 1. The number of rotatable bonds is 5. The number of ether oxygens (including phenoxy) is 1. The van der Waals surface area contributed by atoms with Crippen molar-refractivity contribution in [1.82, 2.24) is 0 Å². The molecular formula is C24H24N2O5S. The molecular weight excluding hydrogens is 428 g/mol. The Morgan fingerprint density at radius 2 is 1.69 bits per heavy atom. The summed E-state index contributed by atoms with van der Waals surface area (Å²) in [5, 5.41) is 3.26. The molecule has 0 aromatic heterocycles. The zero-order chi connectivity index (χ0) is 23.1. The molecule has 32 heavy (non-hydrogen) atoms. The van der Waals surface area contributed by atoms with Crippen LogP contribution in [-0.4, -0.2) is 34.0 Å². The number of fused-ring (bicyclic) bond motifs is 1. The maximum absolute atomic E-state index is 12.6. The van der Waals surface area contributed by atoms with Crippen LogP contribution < -0.4 is 19.1 Å². The Labute approximate surface area is 187 Å². The van der Waals surface area contributed by atoms with Gasteiger partial charge in [-0.15, -0.1) is 0 Å². The predicted molar refractivity (Wildman–Crippen MR) is 124 cm³/mol. The lowest BCUT2D eigenvalue weighted by molar-refractivity contribution is -0.121. The molecule has 0 saturated carbocycles. The zero-order valence-corrected chi connectivity index (χ0v) is 19.1. The molecule has 8 heteroatoms. The van der Waals surface area contributed by atoms with Gasteiger partial charge in [-0.2, -0.15) is 8.42 Å². The fraction of sp³-hybridized carbons (Fsp3) is 0.208. The lowest BCUT2D eigenvalue weighted by atomic mass is 9.96. The molecule has 0 radical (unpaired) electrons. The Morgan fingerprint density at radius 1 is 0.969 bits per heavy atom. The van der Waals surface area contributed by atoms with Crippen LogP contribution in [0.25, 0.3) is 11.1 Å². The molecule has 3 aromatic carbocycles. The van der Waals surface area contributed by atoms with Gasteiger partial charge in [0, 0.05) is 18.7 Å². The highest BCUT2D eigenvalue weighted by molar-refractivity contribution is 7.87. The fourth-order valence-corrected chi connectivity index (χ4v) is 4.67. The van der Waals surface area contributed by atoms with Gasteiger partial charge in [-0.1, -0.05) is 24.3 Å². The molecule has 3 aromatic rings. The molecule has 1 aliphatic heterocycles. The van der Waals surface area contributed by atoms with E-state index < -0.39 is 15.7 Å². The van der Waals surface area contributed by atoms with Crippen LogP contribution in [0.3, 0.4) is 0 Å². The van der Waals surface area contributed by atoms with Crippen LogP contribution in [0.5, 0.6) is 11.5 Å². The normalized spacial score (nSPS) is 15.0. The maximum Gasteiger partial charge on any atom is 0.339 e. The zero-order valence-electron chi connectivity index (χ0n) is 18.2. The van der Waals surface area contributed by atoms with E-state index in [9.17, 15) is 13.2 Å². The van der Waals surface area contributed by atoms with Crippen molar-refractivity contribution in [3.05, 3.63) is 66.7 Å². The minimum Gasteiger partial charge on any atom is -0.496 e. The number of nitrogens with one attached hydrogen (secondary N) is 1. The van der Waals surface area contributed by atoms with Crippen molar-refractivity contribution in [3.63, 3.8) is 0 Å². The minimum absolute atomic E-state index is 0.0380. The topological polar surface area (TPSA) is 84.9 Å². The summed E-state index contributed by atoms with van der Waals surface area (Å²) in [6, 6.07) is 18.5. The summed E-state index contributed by atoms with van der Waals surface area (Å²) in [5.41, 5.74) is 2.48. The predicted octanol–water partition coefficient (Wildman–Crippen LogP) is 4.30. The number of benzene rings is 3. The van der Waals surface area contributed by atoms with Gasteiger partial charge in [0.1, 0.15) is 21.9 Å². The first-order valence-electron chi connectivity index (χ1n) is 10.0. The van der Waals surface area contributed by atoms with E-state index in [1.807, 2.05) is 32.0 Å². The molecule has 1 N–H and O–H groups in total. The second kappa shape index (κ2) is 7.87. The first kappa shape index (κ1) is 21.7. The Balaban J connectivity index is 1.68. The number of anilines is 2. The first-order valence-corrected chi connectivity index (χ1v) is 11.4. The third kappa shape index (κ3) is 3.89. The summed E-state index contributed by atoms with van der Waals surface area (Å²) in [6.07, 6.45) is 0. The number of nitrogens with zero attached hydrogens (tertiary/aromatic N) is 1. The Hall–Kier alpha value is -3.52. The van der Waals surface area contributed by atoms with Crippen molar-refractivity contribution < 1.29 is 22.1 Å². The largest absolute Gasteiger partial charge is 0.496 e. The second-order valence-electron chi connectivity index (χ2n) is 8.06. The quantitative estimate of drug-likeness (QED) is 0.581. The molecule has 4 rings (SSSR count). The van der Waals surface area contributed by atoms with Crippen LogP contribution in [0.4, 0.5) is 11.4 Å². The molecule has 1 aliphatic rings. The maximum atomic E-state index is 12.6. The number of methoxy groups -OCH3 is 1. The second-order valence-corrected chi connectivity index (χ2v) is 9.61. The van der Waals surface area contributed by atoms with E-state index in [4.69, 9.17) is 8.92 Å². The van der Waals surface area contributed by atoms with Crippen LogP contribution in [0.2, 0.25) is 0 Å². The summed E-state index contributed by atoms with van der Waals surface area (Å²) in [5.74, 6) is 0.552. The molecule has 7 nitrogen and oxygen atoms in total. The van der Waals surface area contributed by atoms with Gasteiger partial charge in [-0.3, -0.25) is 4.79 Å². The number of likely N-dealkylation sites (N-methyl/N-ethyl adjacent to an activating group) is 1. The fourth-order valence-electron chi connectivity index (χ4n) is 3.73. The SMILES string of the molecule is COc1cc(OS(=O)(=O)c2ccccc2)ccc1-c1ccc2c(c1)N(C)C(=O)C(C)(C)N2. The lowest BCUT2D eigenvalue weighted by Gasteiger charge is -2.38. The minimum atomic E-state index is -3.96. The Morgan fingerprint density at radius 3 is 2.38 bits per heavy atom. The molecule has 0 bridgehead atoms. The number of amides is 1. The highest BCUT2D eigenvalue weighted by Crippen LogP contribution is 2.40. The van der Waals surface area contributed by atoms with Crippen LogP contribution in [0, 0.1) is 0 Å². The van der Waals surface area contributed by atoms with E-state index in [-0.39, 0.29) is 16.6 Å². The van der Waals surface area contributed by atoms with Crippen molar-refractivity contribution in [1.29, 1.82) is 0 Å². The highest BCUT2D eigenvalue weighted by Gasteiger charge is 2.36. The summed E-state index contributed by atoms with van der Waals surface area (Å²) < 4.78 is 35.9. The van der Waals surface area contributed by atoms with E-state index in [0.717, 1.165) is 22.5 Å². The van der Waals surface area contributed by atoms with Crippen LogP contribution in [0.15, 0.2) is 71.6 Å². The molecule has 1 heterocycles. The number of hydrogen-bond acceptors (Lipinski definition) is 6. The van der Waals surface area contributed by atoms with Gasteiger partial charge in [-0.05, 0) is 55.8 Å². The highest BCUT2D eigenvalue weighted by atomic mass is 32.2.